The summed E-state index contributed by atoms with van der Waals surface area (Å²) in [5, 5.41) is 0. The van der Waals surface area contributed by atoms with E-state index >= 15 is 0 Å². The molecule has 0 radical (unpaired) electrons. The summed E-state index contributed by atoms with van der Waals surface area (Å²) < 4.78 is 11.3. The lowest BCUT2D eigenvalue weighted by atomic mass is 10.4. The third kappa shape index (κ3) is 3.67. The van der Waals surface area contributed by atoms with Crippen molar-refractivity contribution in [2.75, 3.05) is 0 Å². The first-order chi connectivity index (χ1) is 2.27. The summed E-state index contributed by atoms with van der Waals surface area (Å²) in [6.07, 6.45) is 0.398. The van der Waals surface area contributed by atoms with Crippen molar-refractivity contribution in [1.82, 2.24) is 0 Å². The Morgan fingerprint density at radius 2 is 2.20 bits per heavy atom. The first-order valence-corrected chi connectivity index (χ1v) is 1.54. The minimum Gasteiger partial charge on any atom is -0.243 e. The number of halogens is 1. The fraction of sp³-hybridized carbons (Fsp3) is 0.500. The van der Waals surface area contributed by atoms with Crippen LogP contribution in [0.4, 0.5) is 4.39 Å². The molecule has 0 aromatic carbocycles. The Bertz CT molecular complexity index is 30.6. The molecule has 0 saturated carbocycles. The standard InChI is InChI=1S/C4H7F/c1-3-4(2)5/h3-4H,1H2,2H3/t4-/m1/s1. The monoisotopic (exact) mass is 74.1 g/mol. The van der Waals surface area contributed by atoms with Gasteiger partial charge in [-0.05, 0) is 6.92 Å². The van der Waals surface area contributed by atoms with Crippen LogP contribution in [0, 0.1) is 0 Å². The molecule has 0 aromatic heterocycles. The molecule has 0 spiro atoms. The third-order valence-corrected chi connectivity index (χ3v) is 0.325. The highest BCUT2D eigenvalue weighted by atomic mass is 19.1. The Hall–Kier alpha value is -0.330. The van der Waals surface area contributed by atoms with Gasteiger partial charge in [0.05, 0.1) is 0 Å². The maximum absolute atomic E-state index is 11.3. The number of rotatable bonds is 1. The van der Waals surface area contributed by atoms with Crippen molar-refractivity contribution in [3.63, 3.8) is 0 Å². The van der Waals surface area contributed by atoms with Crippen LogP contribution in [0.25, 0.3) is 0 Å². The summed E-state index contributed by atoms with van der Waals surface area (Å²) in [4.78, 5) is 0. The van der Waals surface area contributed by atoms with E-state index in [0.29, 0.717) is 0 Å². The molecule has 0 saturated heterocycles. The summed E-state index contributed by atoms with van der Waals surface area (Å²) in [7, 11) is 0. The Morgan fingerprint density at radius 1 is 2.00 bits per heavy atom. The average Bonchev–Trinajstić information content (AvgIpc) is 1.38. The molecule has 0 fully saturated rings. The number of allylic oxidation sites excluding steroid dienone is 1. The summed E-state index contributed by atoms with van der Waals surface area (Å²) in [5.74, 6) is 0. The van der Waals surface area contributed by atoms with E-state index in [2.05, 4.69) is 6.58 Å². The topological polar surface area (TPSA) is 0 Å². The van der Waals surface area contributed by atoms with Crippen molar-refractivity contribution in [2.45, 2.75) is 13.1 Å². The smallest absolute Gasteiger partial charge is 0.115 e. The van der Waals surface area contributed by atoms with Gasteiger partial charge in [0.15, 0.2) is 0 Å². The molecule has 0 heterocycles. The minimum absolute atomic E-state index is 0.852. The predicted octanol–water partition coefficient (Wildman–Crippen LogP) is 1.53. The van der Waals surface area contributed by atoms with Gasteiger partial charge in [0.25, 0.3) is 0 Å². The van der Waals surface area contributed by atoms with Gasteiger partial charge in [-0.25, -0.2) is 4.39 Å². The van der Waals surface area contributed by atoms with Crippen LogP contribution in [0.2, 0.25) is 0 Å². The molecule has 0 aromatic rings. The van der Waals surface area contributed by atoms with Crippen LogP contribution in [0.15, 0.2) is 12.7 Å². The van der Waals surface area contributed by atoms with Crippen LogP contribution >= 0.6 is 0 Å². The largest absolute Gasteiger partial charge is 0.243 e. The lowest BCUT2D eigenvalue weighted by Gasteiger charge is -1.79. The average molecular weight is 74.1 g/mol. The molecule has 0 unspecified atom stereocenters. The molecular weight excluding hydrogens is 67.0 g/mol. The molecule has 30 valence electrons. The van der Waals surface area contributed by atoms with E-state index in [-0.39, 0.29) is 0 Å². The zero-order valence-electron chi connectivity index (χ0n) is 3.24. The first-order valence-electron chi connectivity index (χ1n) is 1.54. The maximum atomic E-state index is 11.3. The molecule has 0 amide bonds. The van der Waals surface area contributed by atoms with Gasteiger partial charge >= 0.3 is 0 Å². The van der Waals surface area contributed by atoms with Crippen LogP contribution < -0.4 is 0 Å². The van der Waals surface area contributed by atoms with E-state index in [4.69, 9.17) is 0 Å². The van der Waals surface area contributed by atoms with Gasteiger partial charge in [-0.15, -0.1) is 6.58 Å². The van der Waals surface area contributed by atoms with Crippen LogP contribution in [0.3, 0.4) is 0 Å². The summed E-state index contributed by atoms with van der Waals surface area (Å²) in [6, 6.07) is 0. The van der Waals surface area contributed by atoms with E-state index in [1.165, 1.54) is 13.0 Å². The highest BCUT2D eigenvalue weighted by Gasteiger charge is 1.79. The molecular formula is C4H7F. The van der Waals surface area contributed by atoms with E-state index < -0.39 is 6.17 Å². The van der Waals surface area contributed by atoms with E-state index in [1.54, 1.807) is 0 Å². The van der Waals surface area contributed by atoms with Gasteiger partial charge < -0.3 is 0 Å². The molecule has 1 atom stereocenters. The molecule has 0 bridgehead atoms. The van der Waals surface area contributed by atoms with Crippen molar-refractivity contribution >= 4 is 0 Å². The van der Waals surface area contributed by atoms with Gasteiger partial charge in [0.2, 0.25) is 0 Å². The van der Waals surface area contributed by atoms with Crippen molar-refractivity contribution in [3.05, 3.63) is 12.7 Å². The van der Waals surface area contributed by atoms with E-state index in [9.17, 15) is 4.39 Å². The molecule has 0 N–H and O–H groups in total. The molecule has 0 rings (SSSR count). The van der Waals surface area contributed by atoms with Gasteiger partial charge in [0.1, 0.15) is 6.17 Å². The van der Waals surface area contributed by atoms with Crippen LogP contribution in [-0.4, -0.2) is 6.17 Å². The fourth-order valence-electron chi connectivity index (χ4n) is 0. The molecule has 0 nitrogen and oxygen atoms in total. The summed E-state index contributed by atoms with van der Waals surface area (Å²) in [5.41, 5.74) is 0. The van der Waals surface area contributed by atoms with Gasteiger partial charge in [0, 0.05) is 0 Å². The summed E-state index contributed by atoms with van der Waals surface area (Å²) >= 11 is 0. The SMILES string of the molecule is C=C[C@@H](C)F. The van der Waals surface area contributed by atoms with Crippen LogP contribution in [-0.2, 0) is 0 Å². The highest BCUT2D eigenvalue weighted by molar-refractivity contribution is 4.72. The molecule has 0 aliphatic carbocycles. The van der Waals surface area contributed by atoms with Crippen molar-refractivity contribution in [2.24, 2.45) is 0 Å². The zero-order chi connectivity index (χ0) is 4.28. The molecule has 0 aliphatic rings. The second-order valence-electron chi connectivity index (χ2n) is 0.913. The maximum Gasteiger partial charge on any atom is 0.115 e. The molecule has 1 heteroatoms. The Labute approximate surface area is 31.3 Å². The Balaban J connectivity index is 2.83. The van der Waals surface area contributed by atoms with Gasteiger partial charge in [-0.3, -0.25) is 0 Å². The quantitative estimate of drug-likeness (QED) is 0.414. The fourth-order valence-corrected chi connectivity index (χ4v) is 0. The second kappa shape index (κ2) is 1.94. The zero-order valence-corrected chi connectivity index (χ0v) is 3.24. The third-order valence-electron chi connectivity index (χ3n) is 0.325. The summed E-state index contributed by atoms with van der Waals surface area (Å²) in [6.45, 7) is 4.62. The molecule has 5 heavy (non-hydrogen) atoms. The van der Waals surface area contributed by atoms with Crippen LogP contribution in [0.1, 0.15) is 6.92 Å². The van der Waals surface area contributed by atoms with Gasteiger partial charge in [-0.1, -0.05) is 6.08 Å². The van der Waals surface area contributed by atoms with E-state index in [1.807, 2.05) is 0 Å². The van der Waals surface area contributed by atoms with E-state index in [0.717, 1.165) is 0 Å². The Morgan fingerprint density at radius 3 is 2.20 bits per heavy atom. The minimum atomic E-state index is -0.852. The number of alkyl halides is 1. The Kier molecular flexibility index (Phi) is 1.81. The lowest BCUT2D eigenvalue weighted by molar-refractivity contribution is 0.431. The predicted molar refractivity (Wildman–Crippen MR) is 20.8 cm³/mol. The van der Waals surface area contributed by atoms with Gasteiger partial charge in [-0.2, -0.15) is 0 Å². The normalized spacial score (nSPS) is 14.0. The van der Waals surface area contributed by atoms with Crippen LogP contribution in [0.5, 0.6) is 0 Å². The second-order valence-corrected chi connectivity index (χ2v) is 0.913. The van der Waals surface area contributed by atoms with Crippen molar-refractivity contribution < 1.29 is 4.39 Å². The number of hydrogen-bond acceptors (Lipinski definition) is 0. The van der Waals surface area contributed by atoms with Crippen molar-refractivity contribution in [3.8, 4) is 0 Å². The van der Waals surface area contributed by atoms with Crippen molar-refractivity contribution in [1.29, 1.82) is 0 Å². The number of hydrogen-bond donors (Lipinski definition) is 0. The highest BCUT2D eigenvalue weighted by Crippen LogP contribution is 1.83. The lowest BCUT2D eigenvalue weighted by Crippen LogP contribution is -1.78. The molecule has 0 aliphatic heterocycles. The first kappa shape index (κ1) is 4.67.